The van der Waals surface area contributed by atoms with Crippen LogP contribution < -0.4 is 0 Å². The summed E-state index contributed by atoms with van der Waals surface area (Å²) < 4.78 is 0. The molecule has 2 aromatic carbocycles. The quantitative estimate of drug-likeness (QED) is 0.427. The second-order valence-electron chi connectivity index (χ2n) is 9.19. The van der Waals surface area contributed by atoms with Crippen LogP contribution in [-0.2, 0) is 17.3 Å². The summed E-state index contributed by atoms with van der Waals surface area (Å²) in [6.45, 7) is 11.4. The number of hydrogen-bond acceptors (Lipinski definition) is 0. The van der Waals surface area contributed by atoms with Crippen LogP contribution in [0.4, 0.5) is 0 Å². The molecule has 0 bridgehead atoms. The molecule has 0 fully saturated rings. The summed E-state index contributed by atoms with van der Waals surface area (Å²) in [6.07, 6.45) is 2.99. The Balaban J connectivity index is 1.66. The minimum Gasteiger partial charge on any atom is -0.361 e. The molecule has 0 aliphatic rings. The molecule has 2 N–H and O–H groups in total. The van der Waals surface area contributed by atoms with E-state index in [0.717, 1.165) is 6.42 Å². The van der Waals surface area contributed by atoms with Crippen LogP contribution in [0.5, 0.6) is 0 Å². The first-order valence-corrected chi connectivity index (χ1v) is 9.42. The Morgan fingerprint density at radius 1 is 0.731 bits per heavy atom. The van der Waals surface area contributed by atoms with Gasteiger partial charge in [0.1, 0.15) is 0 Å². The van der Waals surface area contributed by atoms with Crippen molar-refractivity contribution in [3.8, 4) is 0 Å². The Morgan fingerprint density at radius 2 is 1.46 bits per heavy atom. The molecule has 0 radical (unpaired) electrons. The van der Waals surface area contributed by atoms with E-state index < -0.39 is 0 Å². The highest BCUT2D eigenvalue weighted by Crippen LogP contribution is 2.32. The van der Waals surface area contributed by atoms with Crippen molar-refractivity contribution in [1.82, 2.24) is 9.97 Å². The summed E-state index contributed by atoms with van der Waals surface area (Å²) in [4.78, 5) is 6.94. The highest BCUT2D eigenvalue weighted by Gasteiger charge is 2.23. The second-order valence-corrected chi connectivity index (χ2v) is 9.19. The van der Waals surface area contributed by atoms with Crippen molar-refractivity contribution < 1.29 is 0 Å². The van der Waals surface area contributed by atoms with Gasteiger partial charge in [-0.05, 0) is 69.5 Å². The number of H-pyrrole nitrogens is 2. The van der Waals surface area contributed by atoms with Gasteiger partial charge in [0.15, 0.2) is 0 Å². The SMILES string of the molecule is CC(C)(C)c1ccc2cc(CC(C)(C)c3ccc4[nH]ccc4c3)[nH]c2c1. The summed E-state index contributed by atoms with van der Waals surface area (Å²) in [5, 5.41) is 2.58. The molecule has 2 nitrogen and oxygen atoms in total. The Kier molecular flexibility index (Phi) is 3.76. The monoisotopic (exact) mass is 344 g/mol. The molecular formula is C24H28N2. The van der Waals surface area contributed by atoms with Gasteiger partial charge in [-0.25, -0.2) is 0 Å². The summed E-state index contributed by atoms with van der Waals surface area (Å²) >= 11 is 0. The predicted molar refractivity (Wildman–Crippen MR) is 112 cm³/mol. The highest BCUT2D eigenvalue weighted by molar-refractivity contribution is 5.82. The molecule has 4 rings (SSSR count). The lowest BCUT2D eigenvalue weighted by atomic mass is 9.80. The molecular weight excluding hydrogens is 316 g/mol. The lowest BCUT2D eigenvalue weighted by Gasteiger charge is -2.25. The van der Waals surface area contributed by atoms with Gasteiger partial charge in [-0.1, -0.05) is 52.8 Å². The van der Waals surface area contributed by atoms with Gasteiger partial charge in [0.25, 0.3) is 0 Å². The first-order valence-electron chi connectivity index (χ1n) is 9.42. The van der Waals surface area contributed by atoms with Crippen LogP contribution in [0, 0.1) is 0 Å². The Morgan fingerprint density at radius 3 is 2.23 bits per heavy atom. The second kappa shape index (κ2) is 5.77. The molecule has 0 saturated heterocycles. The third-order valence-corrected chi connectivity index (χ3v) is 5.51. The third-order valence-electron chi connectivity index (χ3n) is 5.51. The third kappa shape index (κ3) is 3.05. The molecule has 0 amide bonds. The van der Waals surface area contributed by atoms with Gasteiger partial charge in [0.2, 0.25) is 0 Å². The minimum absolute atomic E-state index is 0.0686. The fraction of sp³-hybridized carbons (Fsp3) is 0.333. The van der Waals surface area contributed by atoms with Gasteiger partial charge in [-0.15, -0.1) is 0 Å². The van der Waals surface area contributed by atoms with Crippen LogP contribution in [0.3, 0.4) is 0 Å². The van der Waals surface area contributed by atoms with Gasteiger partial charge in [-0.3, -0.25) is 0 Å². The average molecular weight is 345 g/mol. The largest absolute Gasteiger partial charge is 0.361 e. The average Bonchev–Trinajstić information content (AvgIpc) is 3.17. The Bertz CT molecular complexity index is 1070. The molecule has 134 valence electrons. The van der Waals surface area contributed by atoms with Crippen LogP contribution in [0.15, 0.2) is 54.7 Å². The van der Waals surface area contributed by atoms with E-state index in [-0.39, 0.29) is 10.8 Å². The van der Waals surface area contributed by atoms with Crippen molar-refractivity contribution in [2.24, 2.45) is 0 Å². The number of aromatic amines is 2. The van der Waals surface area contributed by atoms with E-state index in [1.165, 1.54) is 38.6 Å². The zero-order chi connectivity index (χ0) is 18.5. The first kappa shape index (κ1) is 17.0. The van der Waals surface area contributed by atoms with Gasteiger partial charge in [-0.2, -0.15) is 0 Å². The van der Waals surface area contributed by atoms with Crippen LogP contribution >= 0.6 is 0 Å². The molecule has 0 aliphatic heterocycles. The van der Waals surface area contributed by atoms with Gasteiger partial charge in [0.05, 0.1) is 0 Å². The predicted octanol–water partition coefficient (Wildman–Crippen LogP) is 6.47. The number of nitrogens with one attached hydrogen (secondary N) is 2. The molecule has 2 aromatic heterocycles. The van der Waals surface area contributed by atoms with Crippen molar-refractivity contribution >= 4 is 21.8 Å². The molecule has 4 aromatic rings. The zero-order valence-electron chi connectivity index (χ0n) is 16.4. The number of aromatic nitrogens is 2. The van der Waals surface area contributed by atoms with E-state index in [0.29, 0.717) is 0 Å². The molecule has 26 heavy (non-hydrogen) atoms. The fourth-order valence-corrected chi connectivity index (χ4v) is 3.80. The molecule has 0 unspecified atom stereocenters. The van der Waals surface area contributed by atoms with Crippen molar-refractivity contribution in [3.63, 3.8) is 0 Å². The summed E-state index contributed by atoms with van der Waals surface area (Å²) in [7, 11) is 0. The van der Waals surface area contributed by atoms with Crippen LogP contribution in [0.2, 0.25) is 0 Å². The molecule has 0 spiro atoms. The van der Waals surface area contributed by atoms with E-state index in [9.17, 15) is 0 Å². The van der Waals surface area contributed by atoms with E-state index in [1.807, 2.05) is 6.20 Å². The van der Waals surface area contributed by atoms with E-state index in [1.54, 1.807) is 0 Å². The maximum Gasteiger partial charge on any atom is 0.0459 e. The molecule has 2 heteroatoms. The van der Waals surface area contributed by atoms with Gasteiger partial charge >= 0.3 is 0 Å². The van der Waals surface area contributed by atoms with Gasteiger partial charge in [0, 0.05) is 22.9 Å². The van der Waals surface area contributed by atoms with Gasteiger partial charge < -0.3 is 9.97 Å². The van der Waals surface area contributed by atoms with Crippen molar-refractivity contribution in [2.45, 2.75) is 51.9 Å². The Hall–Kier alpha value is -2.48. The topological polar surface area (TPSA) is 31.6 Å². The zero-order valence-corrected chi connectivity index (χ0v) is 16.4. The van der Waals surface area contributed by atoms with Crippen LogP contribution in [-0.4, -0.2) is 9.97 Å². The summed E-state index contributed by atoms with van der Waals surface area (Å²) in [5.74, 6) is 0. The number of rotatable bonds is 3. The minimum atomic E-state index is 0.0686. The van der Waals surface area contributed by atoms with Crippen molar-refractivity contribution in [2.75, 3.05) is 0 Å². The van der Waals surface area contributed by atoms with Crippen molar-refractivity contribution in [3.05, 3.63) is 71.5 Å². The normalized spacial score (nSPS) is 13.0. The van der Waals surface area contributed by atoms with Crippen molar-refractivity contribution in [1.29, 1.82) is 0 Å². The molecule has 0 atom stereocenters. The lowest BCUT2D eigenvalue weighted by molar-refractivity contribution is 0.517. The number of fused-ring (bicyclic) bond motifs is 2. The highest BCUT2D eigenvalue weighted by atomic mass is 14.7. The van der Waals surface area contributed by atoms with E-state index >= 15 is 0 Å². The fourth-order valence-electron chi connectivity index (χ4n) is 3.80. The van der Waals surface area contributed by atoms with E-state index in [4.69, 9.17) is 0 Å². The maximum atomic E-state index is 3.66. The maximum absolute atomic E-state index is 3.66. The first-order chi connectivity index (χ1) is 12.2. The smallest absolute Gasteiger partial charge is 0.0459 e. The lowest BCUT2D eigenvalue weighted by Crippen LogP contribution is -2.20. The number of benzene rings is 2. The molecule has 0 saturated carbocycles. The molecule has 2 heterocycles. The standard InChI is InChI=1S/C24H28N2/c1-23(2,3)18-7-6-16-13-20(26-22(16)14-18)15-24(4,5)19-8-9-21-17(12-19)10-11-25-21/h6-14,25-26H,15H2,1-5H3. The summed E-state index contributed by atoms with van der Waals surface area (Å²) in [5.41, 5.74) is 6.72. The van der Waals surface area contributed by atoms with Crippen LogP contribution in [0.1, 0.15) is 51.4 Å². The van der Waals surface area contributed by atoms with E-state index in [2.05, 4.69) is 93.1 Å². The Labute approximate surface area is 155 Å². The summed E-state index contributed by atoms with van der Waals surface area (Å²) in [6, 6.07) is 18.0. The van der Waals surface area contributed by atoms with Crippen LogP contribution in [0.25, 0.3) is 21.8 Å². The molecule has 0 aliphatic carbocycles. The number of hydrogen-bond donors (Lipinski definition) is 2.